The van der Waals surface area contributed by atoms with E-state index in [1.807, 2.05) is 0 Å². The second kappa shape index (κ2) is 5.92. The van der Waals surface area contributed by atoms with Crippen molar-refractivity contribution in [1.29, 1.82) is 0 Å². The summed E-state index contributed by atoms with van der Waals surface area (Å²) in [6, 6.07) is 5.93. The Morgan fingerprint density at radius 2 is 2.16 bits per heavy atom. The van der Waals surface area contributed by atoms with Crippen LogP contribution in [0.3, 0.4) is 0 Å². The van der Waals surface area contributed by atoms with Crippen LogP contribution in [-0.2, 0) is 14.6 Å². The molecule has 0 aliphatic carbocycles. The van der Waals surface area contributed by atoms with Gasteiger partial charge in [-0.1, -0.05) is 12.1 Å². The molecule has 19 heavy (non-hydrogen) atoms. The van der Waals surface area contributed by atoms with Crippen LogP contribution in [0.2, 0.25) is 0 Å². The zero-order valence-corrected chi connectivity index (χ0v) is 11.8. The average molecular weight is 303 g/mol. The number of hydrogen-bond donors (Lipinski definition) is 1. The van der Waals surface area contributed by atoms with Crippen LogP contribution in [0.1, 0.15) is 6.42 Å². The second-order valence-electron chi connectivity index (χ2n) is 4.36. The van der Waals surface area contributed by atoms with Crippen LogP contribution in [0, 0.1) is 5.82 Å². The molecule has 0 saturated carbocycles. The van der Waals surface area contributed by atoms with Gasteiger partial charge >= 0.3 is 0 Å². The first kappa shape index (κ1) is 14.3. The molecule has 1 N–H and O–H groups in total. The molecule has 0 spiro atoms. The SMILES string of the molecule is O=C(CS[C@H]1CCS(=O)(=O)C1)Nc1ccccc1F. The third-order valence-electron chi connectivity index (χ3n) is 2.79. The average Bonchev–Trinajstić information content (AvgIpc) is 2.69. The highest BCUT2D eigenvalue weighted by atomic mass is 32.2. The Bertz CT molecular complexity index is 574. The highest BCUT2D eigenvalue weighted by Crippen LogP contribution is 2.24. The monoisotopic (exact) mass is 303 g/mol. The summed E-state index contributed by atoms with van der Waals surface area (Å²) >= 11 is 1.31. The zero-order valence-electron chi connectivity index (χ0n) is 10.1. The van der Waals surface area contributed by atoms with Crippen LogP contribution in [0.5, 0.6) is 0 Å². The van der Waals surface area contributed by atoms with E-state index in [2.05, 4.69) is 5.32 Å². The Hall–Kier alpha value is -1.08. The quantitative estimate of drug-likeness (QED) is 0.919. The minimum absolute atomic E-state index is 0.0311. The van der Waals surface area contributed by atoms with Crippen LogP contribution >= 0.6 is 11.8 Å². The van der Waals surface area contributed by atoms with E-state index >= 15 is 0 Å². The first-order valence-electron chi connectivity index (χ1n) is 5.83. The topological polar surface area (TPSA) is 63.2 Å². The maximum absolute atomic E-state index is 13.3. The number of para-hydroxylation sites is 1. The molecule has 2 rings (SSSR count). The van der Waals surface area contributed by atoms with Gasteiger partial charge < -0.3 is 5.32 Å². The molecule has 1 aliphatic rings. The third-order valence-corrected chi connectivity index (χ3v) is 6.07. The van der Waals surface area contributed by atoms with Crippen molar-refractivity contribution < 1.29 is 17.6 Å². The summed E-state index contributed by atoms with van der Waals surface area (Å²) in [5, 5.41) is 2.44. The number of carbonyl (C=O) groups excluding carboxylic acids is 1. The van der Waals surface area contributed by atoms with Crippen molar-refractivity contribution in [2.24, 2.45) is 0 Å². The van der Waals surface area contributed by atoms with Gasteiger partial charge in [-0.25, -0.2) is 12.8 Å². The molecule has 1 fully saturated rings. The molecule has 1 atom stereocenters. The minimum atomic E-state index is -2.92. The highest BCUT2D eigenvalue weighted by Gasteiger charge is 2.28. The molecule has 104 valence electrons. The smallest absolute Gasteiger partial charge is 0.234 e. The van der Waals surface area contributed by atoms with Crippen molar-refractivity contribution in [3.8, 4) is 0 Å². The highest BCUT2D eigenvalue weighted by molar-refractivity contribution is 8.02. The van der Waals surface area contributed by atoms with Crippen molar-refractivity contribution in [3.05, 3.63) is 30.1 Å². The van der Waals surface area contributed by atoms with Crippen LogP contribution in [-0.4, -0.2) is 36.8 Å². The number of nitrogens with one attached hydrogen (secondary N) is 1. The van der Waals surface area contributed by atoms with Gasteiger partial charge in [0.1, 0.15) is 5.82 Å². The van der Waals surface area contributed by atoms with Gasteiger partial charge in [0.15, 0.2) is 9.84 Å². The van der Waals surface area contributed by atoms with Gasteiger partial charge in [-0.2, -0.15) is 0 Å². The Balaban J connectivity index is 1.81. The number of benzene rings is 1. The van der Waals surface area contributed by atoms with Gasteiger partial charge in [0.25, 0.3) is 0 Å². The molecule has 7 heteroatoms. The van der Waals surface area contributed by atoms with Crippen molar-refractivity contribution >= 4 is 33.2 Å². The largest absolute Gasteiger partial charge is 0.323 e. The lowest BCUT2D eigenvalue weighted by atomic mass is 10.3. The first-order chi connectivity index (χ1) is 8.96. The molecule has 1 aliphatic heterocycles. The summed E-state index contributed by atoms with van der Waals surface area (Å²) in [6.07, 6.45) is 0.583. The van der Waals surface area contributed by atoms with E-state index in [0.29, 0.717) is 6.42 Å². The molecule has 1 amide bonds. The van der Waals surface area contributed by atoms with E-state index in [1.54, 1.807) is 12.1 Å². The summed E-state index contributed by atoms with van der Waals surface area (Å²) in [5.74, 6) is -0.345. The van der Waals surface area contributed by atoms with E-state index in [-0.39, 0.29) is 34.1 Å². The van der Waals surface area contributed by atoms with Gasteiger partial charge in [0.2, 0.25) is 5.91 Å². The number of thioether (sulfide) groups is 1. The fourth-order valence-corrected chi connectivity index (χ4v) is 5.28. The molecule has 0 unspecified atom stereocenters. The van der Waals surface area contributed by atoms with Gasteiger partial charge in [0.05, 0.1) is 22.9 Å². The van der Waals surface area contributed by atoms with E-state index in [9.17, 15) is 17.6 Å². The van der Waals surface area contributed by atoms with Crippen molar-refractivity contribution in [2.75, 3.05) is 22.6 Å². The molecule has 1 saturated heterocycles. The van der Waals surface area contributed by atoms with Gasteiger partial charge in [-0.05, 0) is 18.6 Å². The molecule has 0 aromatic heterocycles. The lowest BCUT2D eigenvalue weighted by Crippen LogP contribution is -2.17. The molecule has 4 nitrogen and oxygen atoms in total. The summed E-state index contributed by atoms with van der Waals surface area (Å²) in [4.78, 5) is 11.6. The number of hydrogen-bond acceptors (Lipinski definition) is 4. The number of rotatable bonds is 4. The summed E-state index contributed by atoms with van der Waals surface area (Å²) < 4.78 is 35.8. The molecule has 1 aromatic carbocycles. The standard InChI is InChI=1S/C12H14FNO3S2/c13-10-3-1-2-4-11(10)14-12(15)7-18-9-5-6-19(16,17)8-9/h1-4,9H,5-8H2,(H,14,15)/t9-/m0/s1. The molecule has 0 bridgehead atoms. The molecule has 0 radical (unpaired) electrons. The molecule has 1 heterocycles. The number of carbonyl (C=O) groups is 1. The Labute approximate surface area is 115 Å². The number of amides is 1. The Morgan fingerprint density at radius 1 is 1.42 bits per heavy atom. The molecule has 1 aromatic rings. The van der Waals surface area contributed by atoms with Crippen molar-refractivity contribution in [3.63, 3.8) is 0 Å². The lowest BCUT2D eigenvalue weighted by Gasteiger charge is -2.08. The zero-order chi connectivity index (χ0) is 13.9. The van der Waals surface area contributed by atoms with Crippen LogP contribution in [0.4, 0.5) is 10.1 Å². The van der Waals surface area contributed by atoms with Crippen molar-refractivity contribution in [2.45, 2.75) is 11.7 Å². The molecular formula is C12H14FNO3S2. The van der Waals surface area contributed by atoms with E-state index in [4.69, 9.17) is 0 Å². The Kier molecular flexibility index (Phi) is 4.46. The normalized spacial score (nSPS) is 21.2. The van der Waals surface area contributed by atoms with E-state index < -0.39 is 15.7 Å². The lowest BCUT2D eigenvalue weighted by molar-refractivity contribution is -0.113. The maximum Gasteiger partial charge on any atom is 0.234 e. The predicted molar refractivity (Wildman–Crippen MR) is 74.5 cm³/mol. The fraction of sp³-hybridized carbons (Fsp3) is 0.417. The van der Waals surface area contributed by atoms with Crippen LogP contribution < -0.4 is 5.32 Å². The van der Waals surface area contributed by atoms with Gasteiger partial charge in [0, 0.05) is 5.25 Å². The Morgan fingerprint density at radius 3 is 2.79 bits per heavy atom. The third kappa shape index (κ3) is 4.21. The minimum Gasteiger partial charge on any atom is -0.323 e. The summed E-state index contributed by atoms with van der Waals surface area (Å²) in [5.41, 5.74) is 0.146. The van der Waals surface area contributed by atoms with Crippen molar-refractivity contribution in [1.82, 2.24) is 0 Å². The predicted octanol–water partition coefficient (Wildman–Crippen LogP) is 1.68. The second-order valence-corrected chi connectivity index (χ2v) is 7.88. The van der Waals surface area contributed by atoms with Gasteiger partial charge in [-0.15, -0.1) is 11.8 Å². The number of halogens is 1. The van der Waals surface area contributed by atoms with Crippen LogP contribution in [0.25, 0.3) is 0 Å². The van der Waals surface area contributed by atoms with E-state index in [1.165, 1.54) is 23.9 Å². The fourth-order valence-electron chi connectivity index (χ4n) is 1.83. The van der Waals surface area contributed by atoms with E-state index in [0.717, 1.165) is 0 Å². The van der Waals surface area contributed by atoms with Gasteiger partial charge in [-0.3, -0.25) is 4.79 Å². The molecular weight excluding hydrogens is 289 g/mol. The number of sulfone groups is 1. The maximum atomic E-state index is 13.3. The number of anilines is 1. The summed E-state index contributed by atoms with van der Waals surface area (Å²) in [6.45, 7) is 0. The first-order valence-corrected chi connectivity index (χ1v) is 8.70. The summed E-state index contributed by atoms with van der Waals surface area (Å²) in [7, 11) is -2.92. The van der Waals surface area contributed by atoms with Crippen LogP contribution in [0.15, 0.2) is 24.3 Å².